The Morgan fingerprint density at radius 2 is 1.11 bits per heavy atom. The van der Waals surface area contributed by atoms with Crippen LogP contribution in [0.1, 0.15) is 196 Å². The molecule has 0 N–H and O–H groups in total. The molecule has 2 unspecified atom stereocenters. The fourth-order valence-electron chi connectivity index (χ4n) is 7.67. The molecule has 0 radical (unpaired) electrons. The zero-order valence-corrected chi connectivity index (χ0v) is 47.7. The fourth-order valence-corrected chi connectivity index (χ4v) is 10.4. The third kappa shape index (κ3) is 27.8. The molecule has 0 heterocycles. The molecular weight excluding hydrogens is 857 g/mol. The van der Waals surface area contributed by atoms with E-state index in [0.717, 1.165) is 51.0 Å². The number of rotatable bonds is 38. The standard InChI is InChI=1S/C55H104N2O7Si2/c1-16-18-20-22-24-26-28-30-34-48(63-65(12,13)54(3,4)5)45-57(46-49(64-66(14,15)55(6,7)8)35-31-29-27-25-23-21-19-17-2)42-32-36-53(59)62-50-39-37-47(44-51(50)60-11)38-40-52(58)61-43-33-41-56(9)10/h37-40,44,48-49H,16-36,41-43,45-46H2,1-15H3/b40-38+. The van der Waals surface area contributed by atoms with Crippen LogP contribution in [0.15, 0.2) is 24.3 Å². The summed E-state index contributed by atoms with van der Waals surface area (Å²) in [4.78, 5) is 30.4. The predicted molar refractivity (Wildman–Crippen MR) is 286 cm³/mol. The zero-order chi connectivity index (χ0) is 49.7. The van der Waals surface area contributed by atoms with Crippen LogP contribution in [0.2, 0.25) is 36.3 Å². The van der Waals surface area contributed by atoms with Crippen LogP contribution in [-0.4, -0.2) is 105 Å². The number of benzene rings is 1. The SMILES string of the molecule is CCCCCCCCCCC(CN(CCCC(=O)Oc1ccc(/C=C/C(=O)OCCCN(C)C)cc1OC)CC(CCCCCCCCCC)O[Si](C)(C)C(C)(C)C)O[Si](C)(C)C(C)(C)C. The first kappa shape index (κ1) is 62.0. The lowest BCUT2D eigenvalue weighted by atomic mass is 10.0. The largest absolute Gasteiger partial charge is 0.493 e. The molecule has 0 aliphatic carbocycles. The normalized spacial score (nSPS) is 13.8. The van der Waals surface area contributed by atoms with Crippen LogP contribution >= 0.6 is 0 Å². The smallest absolute Gasteiger partial charge is 0.330 e. The zero-order valence-electron chi connectivity index (χ0n) is 45.7. The van der Waals surface area contributed by atoms with E-state index in [-0.39, 0.29) is 34.7 Å². The minimum Gasteiger partial charge on any atom is -0.493 e. The molecule has 0 aliphatic heterocycles. The van der Waals surface area contributed by atoms with Gasteiger partial charge in [0.05, 0.1) is 25.9 Å². The van der Waals surface area contributed by atoms with E-state index >= 15 is 0 Å². The second kappa shape index (κ2) is 33.5. The van der Waals surface area contributed by atoms with Crippen LogP contribution in [-0.2, 0) is 23.2 Å². The van der Waals surface area contributed by atoms with E-state index in [2.05, 4.69) is 91.4 Å². The lowest BCUT2D eigenvalue weighted by Gasteiger charge is -2.42. The predicted octanol–water partition coefficient (Wildman–Crippen LogP) is 15.0. The maximum Gasteiger partial charge on any atom is 0.330 e. The molecule has 11 heteroatoms. The first-order chi connectivity index (χ1) is 31.0. The van der Waals surface area contributed by atoms with E-state index in [1.807, 2.05) is 20.2 Å². The van der Waals surface area contributed by atoms with Crippen LogP contribution in [0.3, 0.4) is 0 Å². The monoisotopic (exact) mass is 961 g/mol. The number of hydrogen-bond donors (Lipinski definition) is 0. The van der Waals surface area contributed by atoms with E-state index in [1.54, 1.807) is 25.3 Å². The number of unbranched alkanes of at least 4 members (excludes halogenated alkanes) is 14. The average molecular weight is 962 g/mol. The molecule has 0 bridgehead atoms. The highest BCUT2D eigenvalue weighted by atomic mass is 28.4. The molecule has 0 amide bonds. The van der Waals surface area contributed by atoms with Crippen LogP contribution in [0.5, 0.6) is 11.5 Å². The second-order valence-corrected chi connectivity index (χ2v) is 31.9. The van der Waals surface area contributed by atoms with Gasteiger partial charge >= 0.3 is 11.9 Å². The highest BCUT2D eigenvalue weighted by Crippen LogP contribution is 2.39. The van der Waals surface area contributed by atoms with Crippen LogP contribution in [0, 0.1) is 0 Å². The van der Waals surface area contributed by atoms with Gasteiger partial charge < -0.3 is 28.0 Å². The van der Waals surface area contributed by atoms with Gasteiger partial charge in [-0.1, -0.05) is 164 Å². The van der Waals surface area contributed by atoms with Crippen molar-refractivity contribution >= 4 is 34.6 Å². The van der Waals surface area contributed by atoms with Gasteiger partial charge in [0.25, 0.3) is 0 Å². The number of esters is 2. The van der Waals surface area contributed by atoms with Crippen LogP contribution < -0.4 is 9.47 Å². The van der Waals surface area contributed by atoms with Gasteiger partial charge in [0.2, 0.25) is 0 Å². The van der Waals surface area contributed by atoms with Crippen molar-refractivity contribution in [3.05, 3.63) is 29.8 Å². The van der Waals surface area contributed by atoms with Crippen LogP contribution in [0.25, 0.3) is 6.08 Å². The quantitative estimate of drug-likeness (QED) is 0.0211. The number of carbonyl (C=O) groups excluding carboxylic acids is 2. The van der Waals surface area contributed by atoms with Crippen molar-refractivity contribution in [1.29, 1.82) is 0 Å². The summed E-state index contributed by atoms with van der Waals surface area (Å²) < 4.78 is 31.5. The van der Waals surface area contributed by atoms with E-state index in [0.29, 0.717) is 24.5 Å². The molecule has 384 valence electrons. The highest BCUT2D eigenvalue weighted by molar-refractivity contribution is 6.74. The van der Waals surface area contributed by atoms with Gasteiger partial charge in [-0.2, -0.15) is 0 Å². The Balaban J connectivity index is 3.30. The summed E-state index contributed by atoms with van der Waals surface area (Å²) in [5.41, 5.74) is 0.746. The molecule has 66 heavy (non-hydrogen) atoms. The Hall–Kier alpha value is -2.03. The summed E-state index contributed by atoms with van der Waals surface area (Å²) in [6.07, 6.45) is 27.8. The maximum absolute atomic E-state index is 13.5. The van der Waals surface area contributed by atoms with E-state index in [4.69, 9.17) is 23.1 Å². The highest BCUT2D eigenvalue weighted by Gasteiger charge is 2.41. The molecular formula is C55H104N2O7Si2. The third-order valence-electron chi connectivity index (χ3n) is 13.9. The summed E-state index contributed by atoms with van der Waals surface area (Å²) in [6.45, 7) is 31.8. The van der Waals surface area contributed by atoms with Crippen molar-refractivity contribution < 1.29 is 32.7 Å². The van der Waals surface area contributed by atoms with Gasteiger partial charge in [0.15, 0.2) is 28.1 Å². The second-order valence-electron chi connectivity index (χ2n) is 22.4. The molecule has 0 fully saturated rings. The molecule has 2 atom stereocenters. The average Bonchev–Trinajstić information content (AvgIpc) is 3.22. The van der Waals surface area contributed by atoms with Crippen LogP contribution in [0.4, 0.5) is 0 Å². The summed E-state index contributed by atoms with van der Waals surface area (Å²) in [5, 5.41) is 0.216. The molecule has 0 aliphatic rings. The van der Waals surface area contributed by atoms with Crippen molar-refractivity contribution in [1.82, 2.24) is 9.80 Å². The Bertz CT molecular complexity index is 1420. The number of ether oxygens (including phenoxy) is 3. The molecule has 0 saturated heterocycles. The fraction of sp³-hybridized carbons (Fsp3) is 0.818. The molecule has 1 rings (SSSR count). The summed E-state index contributed by atoms with van der Waals surface area (Å²) in [5.74, 6) is 0.113. The Morgan fingerprint density at radius 3 is 1.55 bits per heavy atom. The third-order valence-corrected chi connectivity index (χ3v) is 23.0. The van der Waals surface area contributed by atoms with E-state index in [9.17, 15) is 9.59 Å². The van der Waals surface area contributed by atoms with E-state index in [1.165, 1.54) is 109 Å². The van der Waals surface area contributed by atoms with E-state index < -0.39 is 22.6 Å². The Kier molecular flexibility index (Phi) is 31.5. The van der Waals surface area contributed by atoms with Crippen molar-refractivity contribution in [3.63, 3.8) is 0 Å². The summed E-state index contributed by atoms with van der Waals surface area (Å²) in [6, 6.07) is 5.31. The van der Waals surface area contributed by atoms with Crippen molar-refractivity contribution in [3.8, 4) is 11.5 Å². The number of hydrogen-bond acceptors (Lipinski definition) is 9. The molecule has 9 nitrogen and oxygen atoms in total. The lowest BCUT2D eigenvalue weighted by Crippen LogP contribution is -2.50. The van der Waals surface area contributed by atoms with Gasteiger partial charge in [-0.3, -0.25) is 9.69 Å². The molecule has 1 aromatic carbocycles. The lowest BCUT2D eigenvalue weighted by molar-refractivity contribution is -0.138. The summed E-state index contributed by atoms with van der Waals surface area (Å²) in [7, 11) is 1.42. The van der Waals surface area contributed by atoms with Gasteiger partial charge in [0, 0.05) is 32.1 Å². The Morgan fingerprint density at radius 1 is 0.636 bits per heavy atom. The Labute approximate surface area is 409 Å². The minimum atomic E-state index is -2.06. The molecule has 0 aromatic heterocycles. The van der Waals surface area contributed by atoms with Crippen molar-refractivity contribution in [2.24, 2.45) is 0 Å². The molecule has 1 aromatic rings. The van der Waals surface area contributed by atoms with Gasteiger partial charge in [-0.25, -0.2) is 4.79 Å². The number of nitrogens with zero attached hydrogens (tertiary/aromatic N) is 2. The topological polar surface area (TPSA) is 86.8 Å². The van der Waals surface area contributed by atoms with Crippen molar-refractivity contribution in [2.45, 2.75) is 239 Å². The molecule has 0 spiro atoms. The van der Waals surface area contributed by atoms with Gasteiger partial charge in [-0.05, 0) is 106 Å². The van der Waals surface area contributed by atoms with Gasteiger partial charge in [-0.15, -0.1) is 0 Å². The first-order valence-corrected chi connectivity index (χ1v) is 32.3. The van der Waals surface area contributed by atoms with Gasteiger partial charge in [0.1, 0.15) is 0 Å². The van der Waals surface area contributed by atoms with Crippen molar-refractivity contribution in [2.75, 3.05) is 54.0 Å². The number of carbonyl (C=O) groups is 2. The number of methoxy groups -OCH3 is 1. The first-order valence-electron chi connectivity index (χ1n) is 26.5. The maximum atomic E-state index is 13.5. The minimum absolute atomic E-state index is 0.108. The molecule has 0 saturated carbocycles. The summed E-state index contributed by atoms with van der Waals surface area (Å²) >= 11 is 0.